The molecule has 0 aromatic heterocycles. The van der Waals surface area contributed by atoms with E-state index in [1.54, 1.807) is 7.11 Å². The van der Waals surface area contributed by atoms with E-state index in [0.717, 1.165) is 42.6 Å². The third-order valence-corrected chi connectivity index (χ3v) is 6.99. The number of ether oxygens (including phenoxy) is 2. The standard InChI is InChI=1S/C24H37N3O3/c1-29-22-8-9-23-19(17-22)16-20(18-30-23)24(28)25-10-5-11-26-12-14-27(15-13-26)21-6-3-2-4-7-21/h8-9,17,20-21H,2-7,10-16,18H2,1H3,(H,25,28)/t20-/m0/s1. The fraction of sp³-hybridized carbons (Fsp3) is 0.708. The minimum Gasteiger partial charge on any atom is -0.497 e. The van der Waals surface area contributed by atoms with Gasteiger partial charge in [0.15, 0.2) is 0 Å². The highest BCUT2D eigenvalue weighted by Gasteiger charge is 2.27. The van der Waals surface area contributed by atoms with Gasteiger partial charge in [0.25, 0.3) is 0 Å². The SMILES string of the molecule is COc1ccc2c(c1)C[C@H](C(=O)NCCCN1CCN(C3CCCCC3)CC1)CO2. The van der Waals surface area contributed by atoms with Crippen molar-refractivity contribution in [3.05, 3.63) is 23.8 Å². The summed E-state index contributed by atoms with van der Waals surface area (Å²) in [6.07, 6.45) is 8.76. The molecule has 2 heterocycles. The van der Waals surface area contributed by atoms with Gasteiger partial charge in [-0.15, -0.1) is 0 Å². The van der Waals surface area contributed by atoms with Crippen molar-refractivity contribution < 1.29 is 14.3 Å². The van der Waals surface area contributed by atoms with Crippen molar-refractivity contribution in [1.82, 2.24) is 15.1 Å². The molecule has 6 nitrogen and oxygen atoms in total. The number of rotatable bonds is 7. The number of carbonyl (C=O) groups excluding carboxylic acids is 1. The van der Waals surface area contributed by atoms with Gasteiger partial charge >= 0.3 is 0 Å². The van der Waals surface area contributed by atoms with Crippen LogP contribution in [0.25, 0.3) is 0 Å². The average Bonchev–Trinajstić information content (AvgIpc) is 2.82. The fourth-order valence-electron chi connectivity index (χ4n) is 5.12. The highest BCUT2D eigenvalue weighted by Crippen LogP contribution is 2.30. The van der Waals surface area contributed by atoms with Gasteiger partial charge < -0.3 is 19.7 Å². The zero-order valence-electron chi connectivity index (χ0n) is 18.4. The maximum Gasteiger partial charge on any atom is 0.226 e. The lowest BCUT2D eigenvalue weighted by Gasteiger charge is -2.40. The number of nitrogens with zero attached hydrogens (tertiary/aromatic N) is 2. The van der Waals surface area contributed by atoms with E-state index in [9.17, 15) is 4.79 Å². The van der Waals surface area contributed by atoms with Crippen molar-refractivity contribution in [2.45, 2.75) is 51.0 Å². The van der Waals surface area contributed by atoms with Gasteiger partial charge in [0.05, 0.1) is 13.0 Å². The maximum atomic E-state index is 12.6. The molecule has 0 bridgehead atoms. The van der Waals surface area contributed by atoms with Gasteiger partial charge in [-0.25, -0.2) is 0 Å². The highest BCUT2D eigenvalue weighted by atomic mass is 16.5. The van der Waals surface area contributed by atoms with Crippen LogP contribution in [0.1, 0.15) is 44.1 Å². The Bertz CT molecular complexity index is 697. The smallest absolute Gasteiger partial charge is 0.226 e. The molecule has 30 heavy (non-hydrogen) atoms. The number of hydrogen-bond donors (Lipinski definition) is 1. The monoisotopic (exact) mass is 415 g/mol. The van der Waals surface area contributed by atoms with E-state index in [-0.39, 0.29) is 11.8 Å². The number of nitrogens with one attached hydrogen (secondary N) is 1. The molecule has 1 aromatic rings. The Kier molecular flexibility index (Phi) is 7.50. The lowest BCUT2D eigenvalue weighted by atomic mass is 9.94. The summed E-state index contributed by atoms with van der Waals surface area (Å²) in [6.45, 7) is 7.01. The largest absolute Gasteiger partial charge is 0.497 e. The quantitative estimate of drug-likeness (QED) is 0.694. The van der Waals surface area contributed by atoms with Crippen molar-refractivity contribution in [3.8, 4) is 11.5 Å². The molecule has 0 spiro atoms. The molecule has 1 amide bonds. The topological polar surface area (TPSA) is 54.0 Å². The van der Waals surface area contributed by atoms with Crippen molar-refractivity contribution in [2.24, 2.45) is 5.92 Å². The molecule has 2 fully saturated rings. The molecule has 0 radical (unpaired) electrons. The molecular formula is C24H37N3O3. The zero-order chi connectivity index (χ0) is 20.8. The Labute approximate surface area is 180 Å². The van der Waals surface area contributed by atoms with Crippen LogP contribution in [0, 0.1) is 5.92 Å². The molecule has 1 saturated carbocycles. The summed E-state index contributed by atoms with van der Waals surface area (Å²) in [5.41, 5.74) is 1.05. The van der Waals surface area contributed by atoms with Crippen LogP contribution in [0.3, 0.4) is 0 Å². The first-order valence-corrected chi connectivity index (χ1v) is 11.8. The molecule has 1 aliphatic carbocycles. The summed E-state index contributed by atoms with van der Waals surface area (Å²) in [5.74, 6) is 1.66. The van der Waals surface area contributed by atoms with E-state index in [4.69, 9.17) is 9.47 Å². The Hall–Kier alpha value is -1.79. The van der Waals surface area contributed by atoms with Crippen molar-refractivity contribution in [1.29, 1.82) is 0 Å². The third kappa shape index (κ3) is 5.46. The van der Waals surface area contributed by atoms with Crippen LogP contribution in [0.5, 0.6) is 11.5 Å². The summed E-state index contributed by atoms with van der Waals surface area (Å²) >= 11 is 0. The van der Waals surface area contributed by atoms with Gasteiger partial charge in [0.1, 0.15) is 18.1 Å². The van der Waals surface area contributed by atoms with Gasteiger partial charge in [0.2, 0.25) is 5.91 Å². The van der Waals surface area contributed by atoms with Gasteiger partial charge in [-0.1, -0.05) is 19.3 Å². The van der Waals surface area contributed by atoms with E-state index < -0.39 is 0 Å². The van der Waals surface area contributed by atoms with Crippen LogP contribution in [-0.4, -0.2) is 74.7 Å². The van der Waals surface area contributed by atoms with Crippen LogP contribution >= 0.6 is 0 Å². The molecule has 166 valence electrons. The van der Waals surface area contributed by atoms with Gasteiger partial charge in [-0.05, 0) is 56.0 Å². The van der Waals surface area contributed by atoms with Crippen molar-refractivity contribution in [3.63, 3.8) is 0 Å². The minimum absolute atomic E-state index is 0.102. The van der Waals surface area contributed by atoms with Crippen LogP contribution in [-0.2, 0) is 11.2 Å². The lowest BCUT2D eigenvalue weighted by Crippen LogP contribution is -2.51. The van der Waals surface area contributed by atoms with E-state index in [1.807, 2.05) is 18.2 Å². The predicted molar refractivity (Wildman–Crippen MR) is 118 cm³/mol. The summed E-state index contributed by atoms with van der Waals surface area (Å²) in [7, 11) is 1.66. The second-order valence-corrected chi connectivity index (χ2v) is 9.00. The normalized spacial score (nSPS) is 23.4. The average molecular weight is 416 g/mol. The summed E-state index contributed by atoms with van der Waals surface area (Å²) in [5, 5.41) is 3.12. The van der Waals surface area contributed by atoms with Crippen LogP contribution in [0.15, 0.2) is 18.2 Å². The first kappa shape index (κ1) is 21.4. The number of benzene rings is 1. The van der Waals surface area contributed by atoms with Crippen molar-refractivity contribution in [2.75, 3.05) is 53.0 Å². The van der Waals surface area contributed by atoms with Crippen LogP contribution in [0.4, 0.5) is 0 Å². The van der Waals surface area contributed by atoms with E-state index >= 15 is 0 Å². The molecular weight excluding hydrogens is 378 g/mol. The summed E-state index contributed by atoms with van der Waals surface area (Å²) in [4.78, 5) is 17.9. The van der Waals surface area contributed by atoms with Crippen LogP contribution in [0.2, 0.25) is 0 Å². The second kappa shape index (κ2) is 10.5. The Morgan fingerprint density at radius 2 is 1.97 bits per heavy atom. The molecule has 1 saturated heterocycles. The molecule has 4 rings (SSSR count). The number of amides is 1. The Morgan fingerprint density at radius 3 is 2.73 bits per heavy atom. The van der Waals surface area contributed by atoms with E-state index in [2.05, 4.69) is 15.1 Å². The predicted octanol–water partition coefficient (Wildman–Crippen LogP) is 2.70. The van der Waals surface area contributed by atoms with Gasteiger partial charge in [-0.3, -0.25) is 9.69 Å². The van der Waals surface area contributed by atoms with Crippen LogP contribution < -0.4 is 14.8 Å². The first-order valence-electron chi connectivity index (χ1n) is 11.8. The molecule has 3 aliphatic rings. The van der Waals surface area contributed by atoms with E-state index in [0.29, 0.717) is 13.0 Å². The molecule has 2 aliphatic heterocycles. The number of fused-ring (bicyclic) bond motifs is 1. The highest BCUT2D eigenvalue weighted by molar-refractivity contribution is 5.79. The fourth-order valence-corrected chi connectivity index (χ4v) is 5.12. The number of hydrogen-bond acceptors (Lipinski definition) is 5. The molecule has 1 N–H and O–H groups in total. The van der Waals surface area contributed by atoms with E-state index in [1.165, 1.54) is 58.3 Å². The molecule has 1 aromatic carbocycles. The Balaban J connectivity index is 1.13. The molecule has 6 heteroatoms. The molecule has 1 atom stereocenters. The molecule has 0 unspecified atom stereocenters. The summed E-state index contributed by atoms with van der Waals surface area (Å²) in [6, 6.07) is 6.63. The maximum absolute atomic E-state index is 12.6. The van der Waals surface area contributed by atoms with Crippen molar-refractivity contribution >= 4 is 5.91 Å². The number of piperazine rings is 1. The van der Waals surface area contributed by atoms with Gasteiger partial charge in [-0.2, -0.15) is 0 Å². The number of methoxy groups -OCH3 is 1. The summed E-state index contributed by atoms with van der Waals surface area (Å²) < 4.78 is 11.1. The number of carbonyl (C=O) groups is 1. The minimum atomic E-state index is -0.122. The first-order chi connectivity index (χ1) is 14.7. The lowest BCUT2D eigenvalue weighted by molar-refractivity contribution is -0.126. The third-order valence-electron chi connectivity index (χ3n) is 6.99. The second-order valence-electron chi connectivity index (χ2n) is 9.00. The Morgan fingerprint density at radius 1 is 1.17 bits per heavy atom. The van der Waals surface area contributed by atoms with Gasteiger partial charge in [0, 0.05) is 38.8 Å². The zero-order valence-corrected chi connectivity index (χ0v) is 18.4.